The highest BCUT2D eigenvalue weighted by Gasteiger charge is 2.18. The molecule has 2 rings (SSSR count). The predicted octanol–water partition coefficient (Wildman–Crippen LogP) is 2.11. The first-order valence-corrected chi connectivity index (χ1v) is 5.56. The van der Waals surface area contributed by atoms with Crippen LogP contribution in [0, 0.1) is 0 Å². The quantitative estimate of drug-likeness (QED) is 0.772. The summed E-state index contributed by atoms with van der Waals surface area (Å²) in [4.78, 5) is 4.53. The van der Waals surface area contributed by atoms with Crippen LogP contribution in [0.25, 0.3) is 0 Å². The number of piperidine rings is 1. The molecule has 0 aliphatic carbocycles. The summed E-state index contributed by atoms with van der Waals surface area (Å²) in [6.07, 6.45) is 5.59. The summed E-state index contributed by atoms with van der Waals surface area (Å²) in [6, 6.07) is 4.25. The molecule has 1 aliphatic rings. The summed E-state index contributed by atoms with van der Waals surface area (Å²) < 4.78 is 0. The molecule has 2 nitrogen and oxygen atoms in total. The van der Waals surface area contributed by atoms with Gasteiger partial charge >= 0.3 is 0 Å². The monoisotopic (exact) mass is 190 g/mol. The van der Waals surface area contributed by atoms with Crippen molar-refractivity contribution >= 4 is 0 Å². The van der Waals surface area contributed by atoms with Gasteiger partial charge in [-0.25, -0.2) is 0 Å². The average Bonchev–Trinajstić information content (AvgIpc) is 2.30. The van der Waals surface area contributed by atoms with Gasteiger partial charge in [0.15, 0.2) is 0 Å². The molecule has 1 saturated heterocycles. The Morgan fingerprint density at radius 1 is 1.57 bits per heavy atom. The van der Waals surface area contributed by atoms with Crippen molar-refractivity contribution in [3.63, 3.8) is 0 Å². The highest BCUT2D eigenvalue weighted by atomic mass is 14.9. The van der Waals surface area contributed by atoms with Gasteiger partial charge in [0.25, 0.3) is 0 Å². The van der Waals surface area contributed by atoms with Gasteiger partial charge in [0, 0.05) is 24.4 Å². The second kappa shape index (κ2) is 4.56. The number of pyridine rings is 1. The zero-order valence-electron chi connectivity index (χ0n) is 8.79. The van der Waals surface area contributed by atoms with Crippen LogP contribution in [0.15, 0.2) is 18.3 Å². The molecule has 2 heterocycles. The van der Waals surface area contributed by atoms with Gasteiger partial charge in [0.05, 0.1) is 0 Å². The Bertz CT molecular complexity index is 290. The first-order valence-electron chi connectivity index (χ1n) is 5.56. The molecule has 0 aromatic carbocycles. The molecule has 2 heteroatoms. The van der Waals surface area contributed by atoms with Crippen LogP contribution in [0.3, 0.4) is 0 Å². The van der Waals surface area contributed by atoms with E-state index in [4.69, 9.17) is 0 Å². The van der Waals surface area contributed by atoms with E-state index < -0.39 is 0 Å². The topological polar surface area (TPSA) is 24.9 Å². The molecule has 1 unspecified atom stereocenters. The molecule has 0 radical (unpaired) electrons. The van der Waals surface area contributed by atoms with Gasteiger partial charge in [-0.2, -0.15) is 0 Å². The minimum atomic E-state index is 0.639. The second-order valence-electron chi connectivity index (χ2n) is 3.94. The van der Waals surface area contributed by atoms with Gasteiger partial charge in [0.1, 0.15) is 0 Å². The molecule has 1 aliphatic heterocycles. The van der Waals surface area contributed by atoms with E-state index in [-0.39, 0.29) is 0 Å². The Labute approximate surface area is 85.7 Å². The van der Waals surface area contributed by atoms with Crippen molar-refractivity contribution in [3.05, 3.63) is 29.6 Å². The number of hydrogen-bond donors (Lipinski definition) is 1. The lowest BCUT2D eigenvalue weighted by atomic mass is 9.92. The van der Waals surface area contributed by atoms with Gasteiger partial charge in [0.2, 0.25) is 0 Å². The zero-order chi connectivity index (χ0) is 9.80. The molecule has 0 amide bonds. The fraction of sp³-hybridized carbons (Fsp3) is 0.583. The smallest absolute Gasteiger partial charge is 0.0479 e. The van der Waals surface area contributed by atoms with Crippen molar-refractivity contribution in [3.8, 4) is 0 Å². The lowest BCUT2D eigenvalue weighted by Gasteiger charge is -2.23. The zero-order valence-corrected chi connectivity index (χ0v) is 8.79. The SMILES string of the molecule is CCc1cccnc1C1CCCNC1. The molecular formula is C12H18N2. The van der Waals surface area contributed by atoms with E-state index in [0.29, 0.717) is 5.92 Å². The molecule has 0 bridgehead atoms. The summed E-state index contributed by atoms with van der Waals surface area (Å²) in [7, 11) is 0. The number of nitrogens with zero attached hydrogens (tertiary/aromatic N) is 1. The third-order valence-corrected chi connectivity index (χ3v) is 2.99. The normalized spacial score (nSPS) is 22.2. The first-order chi connectivity index (χ1) is 6.92. The van der Waals surface area contributed by atoms with Crippen LogP contribution in [0.5, 0.6) is 0 Å². The number of nitrogens with one attached hydrogen (secondary N) is 1. The maximum absolute atomic E-state index is 4.53. The first kappa shape index (κ1) is 9.66. The summed E-state index contributed by atoms with van der Waals surface area (Å²) in [6.45, 7) is 4.48. The Kier molecular flexibility index (Phi) is 3.14. The van der Waals surface area contributed by atoms with Crippen LogP contribution in [-0.2, 0) is 6.42 Å². The third-order valence-electron chi connectivity index (χ3n) is 2.99. The standard InChI is InChI=1S/C12H18N2/c1-2-10-5-4-8-14-12(10)11-6-3-7-13-9-11/h4-5,8,11,13H,2-3,6-7,9H2,1H3. The molecule has 76 valence electrons. The minimum Gasteiger partial charge on any atom is -0.316 e. The molecule has 0 spiro atoms. The Morgan fingerprint density at radius 2 is 2.50 bits per heavy atom. The summed E-state index contributed by atoms with van der Waals surface area (Å²) >= 11 is 0. The van der Waals surface area contributed by atoms with Crippen molar-refractivity contribution in [2.24, 2.45) is 0 Å². The second-order valence-corrected chi connectivity index (χ2v) is 3.94. The van der Waals surface area contributed by atoms with Crippen LogP contribution in [0.2, 0.25) is 0 Å². The molecule has 1 aromatic rings. The molecular weight excluding hydrogens is 172 g/mol. The molecule has 14 heavy (non-hydrogen) atoms. The number of aromatic nitrogens is 1. The molecule has 0 saturated carbocycles. The maximum atomic E-state index is 4.53. The fourth-order valence-electron chi connectivity index (χ4n) is 2.20. The van der Waals surface area contributed by atoms with Crippen molar-refractivity contribution < 1.29 is 0 Å². The molecule has 1 atom stereocenters. The van der Waals surface area contributed by atoms with Crippen LogP contribution in [0.1, 0.15) is 36.9 Å². The lowest BCUT2D eigenvalue weighted by molar-refractivity contribution is 0.452. The van der Waals surface area contributed by atoms with Crippen molar-refractivity contribution in [2.45, 2.75) is 32.1 Å². The van der Waals surface area contributed by atoms with Crippen molar-refractivity contribution in [1.82, 2.24) is 10.3 Å². The van der Waals surface area contributed by atoms with Gasteiger partial charge in [-0.1, -0.05) is 13.0 Å². The van der Waals surface area contributed by atoms with E-state index >= 15 is 0 Å². The van der Waals surface area contributed by atoms with Crippen molar-refractivity contribution in [2.75, 3.05) is 13.1 Å². The van der Waals surface area contributed by atoms with Gasteiger partial charge in [-0.3, -0.25) is 4.98 Å². The van der Waals surface area contributed by atoms with Gasteiger partial charge in [-0.05, 0) is 37.4 Å². The molecule has 1 fully saturated rings. The van der Waals surface area contributed by atoms with Crippen molar-refractivity contribution in [1.29, 1.82) is 0 Å². The van der Waals surface area contributed by atoms with E-state index in [1.165, 1.54) is 30.6 Å². The van der Waals surface area contributed by atoms with Crippen LogP contribution in [-0.4, -0.2) is 18.1 Å². The Balaban J connectivity index is 2.20. The predicted molar refractivity (Wildman–Crippen MR) is 58.5 cm³/mol. The van der Waals surface area contributed by atoms with Crippen LogP contribution < -0.4 is 5.32 Å². The Morgan fingerprint density at radius 3 is 3.21 bits per heavy atom. The number of rotatable bonds is 2. The van der Waals surface area contributed by atoms with Gasteiger partial charge < -0.3 is 5.32 Å². The van der Waals surface area contributed by atoms with E-state index in [1.807, 2.05) is 12.3 Å². The summed E-state index contributed by atoms with van der Waals surface area (Å²) in [5.41, 5.74) is 2.74. The summed E-state index contributed by atoms with van der Waals surface area (Å²) in [5.74, 6) is 0.639. The maximum Gasteiger partial charge on any atom is 0.0479 e. The van der Waals surface area contributed by atoms with E-state index in [1.54, 1.807) is 0 Å². The Hall–Kier alpha value is -0.890. The van der Waals surface area contributed by atoms with E-state index in [2.05, 4.69) is 23.3 Å². The fourth-order valence-corrected chi connectivity index (χ4v) is 2.20. The van der Waals surface area contributed by atoms with Crippen LogP contribution >= 0.6 is 0 Å². The van der Waals surface area contributed by atoms with Gasteiger partial charge in [-0.15, -0.1) is 0 Å². The van der Waals surface area contributed by atoms with Crippen LogP contribution in [0.4, 0.5) is 0 Å². The largest absolute Gasteiger partial charge is 0.316 e. The molecule has 1 N–H and O–H groups in total. The lowest BCUT2D eigenvalue weighted by Crippen LogP contribution is -2.29. The highest BCUT2D eigenvalue weighted by Crippen LogP contribution is 2.24. The highest BCUT2D eigenvalue weighted by molar-refractivity contribution is 5.23. The van der Waals surface area contributed by atoms with E-state index in [0.717, 1.165) is 13.0 Å². The number of aryl methyl sites for hydroxylation is 1. The summed E-state index contributed by atoms with van der Waals surface area (Å²) in [5, 5.41) is 3.44. The molecule has 1 aromatic heterocycles. The third kappa shape index (κ3) is 1.95. The average molecular weight is 190 g/mol. The van der Waals surface area contributed by atoms with E-state index in [9.17, 15) is 0 Å². The number of hydrogen-bond acceptors (Lipinski definition) is 2. The minimum absolute atomic E-state index is 0.639.